The van der Waals surface area contributed by atoms with Crippen LogP contribution in [0.3, 0.4) is 0 Å². The third-order valence-corrected chi connectivity index (χ3v) is 4.21. The summed E-state index contributed by atoms with van der Waals surface area (Å²) < 4.78 is 0. The number of phenols is 1. The Morgan fingerprint density at radius 3 is 2.70 bits per heavy atom. The summed E-state index contributed by atoms with van der Waals surface area (Å²) in [5.41, 5.74) is 3.16. The van der Waals surface area contributed by atoms with E-state index in [4.69, 9.17) is 4.99 Å². The third kappa shape index (κ3) is 4.09. The van der Waals surface area contributed by atoms with Crippen molar-refractivity contribution in [3.63, 3.8) is 0 Å². The van der Waals surface area contributed by atoms with Crippen LogP contribution in [-0.2, 0) is 6.42 Å². The zero-order valence-corrected chi connectivity index (χ0v) is 12.9. The molecule has 1 aromatic rings. The fraction of sp³-hybridized carbons (Fsp3) is 0.611. The molecule has 1 fully saturated rings. The van der Waals surface area contributed by atoms with Gasteiger partial charge >= 0.3 is 0 Å². The number of rotatable bonds is 5. The van der Waals surface area contributed by atoms with Crippen molar-refractivity contribution in [1.29, 1.82) is 0 Å². The van der Waals surface area contributed by atoms with E-state index >= 15 is 0 Å². The lowest BCUT2D eigenvalue weighted by atomic mass is 9.96. The number of benzene rings is 1. The van der Waals surface area contributed by atoms with Gasteiger partial charge in [-0.05, 0) is 49.8 Å². The predicted molar refractivity (Wildman–Crippen MR) is 85.9 cm³/mol. The highest BCUT2D eigenvalue weighted by Crippen LogP contribution is 2.25. The predicted octanol–water partition coefficient (Wildman–Crippen LogP) is 4.79. The average molecular weight is 273 g/mol. The number of nitrogens with zero attached hydrogens (tertiary/aromatic N) is 1. The maximum absolute atomic E-state index is 10.2. The molecule has 0 bridgehead atoms. The van der Waals surface area contributed by atoms with Gasteiger partial charge in [0, 0.05) is 17.8 Å². The van der Waals surface area contributed by atoms with Crippen molar-refractivity contribution in [1.82, 2.24) is 0 Å². The summed E-state index contributed by atoms with van der Waals surface area (Å²) in [5.74, 6) is 0.393. The third-order valence-electron chi connectivity index (χ3n) is 4.21. The van der Waals surface area contributed by atoms with Gasteiger partial charge < -0.3 is 5.11 Å². The second-order valence-electron chi connectivity index (χ2n) is 6.02. The van der Waals surface area contributed by atoms with Crippen molar-refractivity contribution in [2.45, 2.75) is 71.3 Å². The molecule has 0 aliphatic heterocycles. The van der Waals surface area contributed by atoms with E-state index < -0.39 is 0 Å². The van der Waals surface area contributed by atoms with Gasteiger partial charge in [-0.2, -0.15) is 0 Å². The van der Waals surface area contributed by atoms with Crippen LogP contribution in [0.25, 0.3) is 0 Å². The Kier molecular flexibility index (Phi) is 5.63. The lowest BCUT2D eigenvalue weighted by Crippen LogP contribution is -2.09. The molecule has 1 aliphatic carbocycles. The first-order chi connectivity index (χ1) is 9.70. The Morgan fingerprint density at radius 2 is 2.00 bits per heavy atom. The number of aromatic hydroxyl groups is 1. The quantitative estimate of drug-likeness (QED) is 0.768. The van der Waals surface area contributed by atoms with Gasteiger partial charge in [0.2, 0.25) is 0 Å². The largest absolute Gasteiger partial charge is 0.507 e. The first kappa shape index (κ1) is 15.1. The fourth-order valence-corrected chi connectivity index (χ4v) is 2.92. The number of aryl methyl sites for hydroxylation is 2. The summed E-state index contributed by atoms with van der Waals surface area (Å²) in [5, 5.41) is 10.2. The number of unbranched alkanes of at least 4 members (excludes halogenated alkanes) is 1. The lowest BCUT2D eigenvalue weighted by molar-refractivity contribution is 0.444. The molecule has 0 unspecified atom stereocenters. The van der Waals surface area contributed by atoms with E-state index in [1.807, 2.05) is 13.1 Å². The Labute approximate surface area is 122 Å². The van der Waals surface area contributed by atoms with Crippen LogP contribution < -0.4 is 0 Å². The van der Waals surface area contributed by atoms with E-state index in [0.717, 1.165) is 17.5 Å². The Balaban J connectivity index is 2.12. The molecule has 20 heavy (non-hydrogen) atoms. The molecule has 0 amide bonds. The maximum atomic E-state index is 10.2. The smallest absolute Gasteiger partial charge is 0.127 e. The number of aliphatic imine (C=N–C) groups is 1. The van der Waals surface area contributed by atoms with Crippen LogP contribution >= 0.6 is 0 Å². The molecule has 1 aromatic carbocycles. The van der Waals surface area contributed by atoms with E-state index in [1.54, 1.807) is 0 Å². The monoisotopic (exact) mass is 273 g/mol. The van der Waals surface area contributed by atoms with Crippen molar-refractivity contribution >= 4 is 6.21 Å². The molecular formula is C18H27NO. The van der Waals surface area contributed by atoms with Gasteiger partial charge in [-0.3, -0.25) is 4.99 Å². The summed E-state index contributed by atoms with van der Waals surface area (Å²) in [7, 11) is 0. The maximum Gasteiger partial charge on any atom is 0.127 e. The standard InChI is InChI=1S/C18H27NO/c1-3-4-8-15-11-14(2)18(20)16(12-15)13-19-17-9-6-5-7-10-17/h11-13,17,20H,3-10H2,1-2H3. The molecule has 2 rings (SSSR count). The molecule has 0 heterocycles. The van der Waals surface area contributed by atoms with Crippen LogP contribution in [0.4, 0.5) is 0 Å². The van der Waals surface area contributed by atoms with Crippen molar-refractivity contribution < 1.29 is 5.11 Å². The summed E-state index contributed by atoms with van der Waals surface area (Å²) in [6.07, 6.45) is 11.7. The van der Waals surface area contributed by atoms with Gasteiger partial charge in [0.25, 0.3) is 0 Å². The van der Waals surface area contributed by atoms with Crippen LogP contribution in [0.2, 0.25) is 0 Å². The van der Waals surface area contributed by atoms with Gasteiger partial charge in [0.15, 0.2) is 0 Å². The highest BCUT2D eigenvalue weighted by Gasteiger charge is 2.11. The van der Waals surface area contributed by atoms with Gasteiger partial charge in [-0.15, -0.1) is 0 Å². The molecule has 2 heteroatoms. The molecular weight excluding hydrogens is 246 g/mol. The van der Waals surface area contributed by atoms with E-state index in [9.17, 15) is 5.11 Å². The first-order valence-corrected chi connectivity index (χ1v) is 8.06. The molecule has 1 N–H and O–H groups in total. The average Bonchev–Trinajstić information content (AvgIpc) is 2.48. The molecule has 0 atom stereocenters. The molecule has 0 aromatic heterocycles. The summed E-state index contributed by atoms with van der Waals surface area (Å²) in [4.78, 5) is 4.69. The highest BCUT2D eigenvalue weighted by atomic mass is 16.3. The number of phenolic OH excluding ortho intramolecular Hbond substituents is 1. The molecule has 1 aliphatic rings. The topological polar surface area (TPSA) is 32.6 Å². The molecule has 0 saturated heterocycles. The first-order valence-electron chi connectivity index (χ1n) is 8.06. The van der Waals surface area contributed by atoms with Crippen molar-refractivity contribution in [3.05, 3.63) is 28.8 Å². The van der Waals surface area contributed by atoms with Crippen molar-refractivity contribution in [2.75, 3.05) is 0 Å². The molecule has 110 valence electrons. The van der Waals surface area contributed by atoms with Crippen LogP contribution in [0, 0.1) is 6.92 Å². The second-order valence-corrected chi connectivity index (χ2v) is 6.02. The summed E-state index contributed by atoms with van der Waals surface area (Å²) >= 11 is 0. The lowest BCUT2D eigenvalue weighted by Gasteiger charge is -2.17. The normalized spacial score (nSPS) is 16.9. The number of hydrogen-bond donors (Lipinski definition) is 1. The molecule has 1 saturated carbocycles. The SMILES string of the molecule is CCCCc1cc(C)c(O)c(C=NC2CCCCC2)c1. The molecule has 0 spiro atoms. The van der Waals surface area contributed by atoms with E-state index in [1.165, 1.54) is 50.5 Å². The fourth-order valence-electron chi connectivity index (χ4n) is 2.92. The van der Waals surface area contributed by atoms with Crippen LogP contribution in [-0.4, -0.2) is 17.4 Å². The number of hydrogen-bond acceptors (Lipinski definition) is 2. The van der Waals surface area contributed by atoms with Crippen molar-refractivity contribution in [3.8, 4) is 5.75 Å². The van der Waals surface area contributed by atoms with E-state index in [-0.39, 0.29) is 0 Å². The zero-order chi connectivity index (χ0) is 14.4. The summed E-state index contributed by atoms with van der Waals surface area (Å²) in [6.45, 7) is 4.18. The second kappa shape index (κ2) is 7.47. The summed E-state index contributed by atoms with van der Waals surface area (Å²) in [6, 6.07) is 4.66. The zero-order valence-electron chi connectivity index (χ0n) is 12.9. The Hall–Kier alpha value is -1.31. The van der Waals surface area contributed by atoms with Gasteiger partial charge in [0.05, 0.1) is 0 Å². The Morgan fingerprint density at radius 1 is 1.25 bits per heavy atom. The minimum absolute atomic E-state index is 0.393. The van der Waals surface area contributed by atoms with Crippen LogP contribution in [0.15, 0.2) is 17.1 Å². The Bertz CT molecular complexity index is 459. The molecule has 0 radical (unpaired) electrons. The van der Waals surface area contributed by atoms with Crippen LogP contribution in [0.1, 0.15) is 68.6 Å². The van der Waals surface area contributed by atoms with E-state index in [0.29, 0.717) is 11.8 Å². The minimum atomic E-state index is 0.393. The van der Waals surface area contributed by atoms with Gasteiger partial charge in [-0.25, -0.2) is 0 Å². The van der Waals surface area contributed by atoms with Gasteiger partial charge in [-0.1, -0.05) is 38.7 Å². The van der Waals surface area contributed by atoms with E-state index in [2.05, 4.69) is 19.1 Å². The molecule has 2 nitrogen and oxygen atoms in total. The minimum Gasteiger partial charge on any atom is -0.507 e. The van der Waals surface area contributed by atoms with Gasteiger partial charge in [0.1, 0.15) is 5.75 Å². The highest BCUT2D eigenvalue weighted by molar-refractivity contribution is 5.84. The van der Waals surface area contributed by atoms with Crippen molar-refractivity contribution in [2.24, 2.45) is 4.99 Å². The van der Waals surface area contributed by atoms with Crippen LogP contribution in [0.5, 0.6) is 5.75 Å².